The number of nitrogens with one attached hydrogen (secondary N) is 1. The van der Waals surface area contributed by atoms with Gasteiger partial charge in [0, 0.05) is 45.7 Å². The van der Waals surface area contributed by atoms with Crippen LogP contribution in [0.5, 0.6) is 0 Å². The Labute approximate surface area is 197 Å². The van der Waals surface area contributed by atoms with Crippen molar-refractivity contribution in [2.24, 2.45) is 4.99 Å². The van der Waals surface area contributed by atoms with Gasteiger partial charge in [-0.15, -0.1) is 0 Å². The van der Waals surface area contributed by atoms with E-state index in [9.17, 15) is 13.2 Å². The van der Waals surface area contributed by atoms with Gasteiger partial charge in [-0.2, -0.15) is 4.31 Å². The lowest BCUT2D eigenvalue weighted by Crippen LogP contribution is -2.37. The van der Waals surface area contributed by atoms with Crippen molar-refractivity contribution in [2.75, 3.05) is 40.3 Å². The summed E-state index contributed by atoms with van der Waals surface area (Å²) in [6, 6.07) is 11.9. The Bertz CT molecular complexity index is 1120. The Morgan fingerprint density at radius 2 is 1.67 bits per heavy atom. The molecule has 1 aliphatic rings. The molecule has 178 valence electrons. The molecule has 2 aromatic carbocycles. The second kappa shape index (κ2) is 10.5. The van der Waals surface area contributed by atoms with E-state index < -0.39 is 10.0 Å². The van der Waals surface area contributed by atoms with E-state index in [1.807, 2.05) is 57.2 Å². The predicted octanol–water partition coefficient (Wildman–Crippen LogP) is 2.67. The number of likely N-dealkylation sites (N-methyl/N-ethyl adjacent to an activating group) is 2. The highest BCUT2D eigenvalue weighted by Crippen LogP contribution is 2.24. The molecule has 1 heterocycles. The number of sulfonamides is 1. The Balaban J connectivity index is 1.52. The molecule has 0 saturated heterocycles. The van der Waals surface area contributed by atoms with Gasteiger partial charge in [-0.25, -0.2) is 8.42 Å². The molecule has 0 aromatic heterocycles. The minimum absolute atomic E-state index is 0.00518. The fourth-order valence-electron chi connectivity index (χ4n) is 4.13. The van der Waals surface area contributed by atoms with Crippen molar-refractivity contribution in [3.05, 3.63) is 64.2 Å². The molecule has 8 heteroatoms. The minimum atomic E-state index is -3.62. The maximum absolute atomic E-state index is 13.1. The maximum Gasteiger partial charge on any atom is 0.243 e. The quantitative estimate of drug-likeness (QED) is 0.611. The molecule has 33 heavy (non-hydrogen) atoms. The minimum Gasteiger partial charge on any atom is -0.368 e. The van der Waals surface area contributed by atoms with E-state index in [-0.39, 0.29) is 12.5 Å². The van der Waals surface area contributed by atoms with Gasteiger partial charge in [0.25, 0.3) is 0 Å². The van der Waals surface area contributed by atoms with Crippen molar-refractivity contribution in [3.63, 3.8) is 0 Å². The Hall–Kier alpha value is -2.71. The molecule has 1 amide bonds. The lowest BCUT2D eigenvalue weighted by molar-refractivity contribution is -0.129. The number of aryl methyl sites for hydroxylation is 4. The van der Waals surface area contributed by atoms with E-state index in [1.54, 1.807) is 19.0 Å². The molecule has 1 N–H and O–H groups in total. The highest BCUT2D eigenvalue weighted by atomic mass is 32.2. The van der Waals surface area contributed by atoms with Crippen LogP contribution in [0.15, 0.2) is 46.3 Å². The average Bonchev–Trinajstić information content (AvgIpc) is 3.29. The van der Waals surface area contributed by atoms with E-state index in [0.29, 0.717) is 24.3 Å². The molecular formula is C25H34N4O3S. The van der Waals surface area contributed by atoms with Gasteiger partial charge in [-0.05, 0) is 43.9 Å². The van der Waals surface area contributed by atoms with Crippen molar-refractivity contribution in [1.29, 1.82) is 0 Å². The lowest BCUT2D eigenvalue weighted by atomic mass is 10.1. The molecule has 1 aliphatic heterocycles. The second-order valence-corrected chi connectivity index (χ2v) is 10.7. The van der Waals surface area contributed by atoms with Gasteiger partial charge in [-0.1, -0.05) is 42.0 Å². The summed E-state index contributed by atoms with van der Waals surface area (Å²) in [7, 11) is -0.337. The molecule has 3 rings (SSSR count). The van der Waals surface area contributed by atoms with E-state index in [4.69, 9.17) is 0 Å². The number of carbonyl (C=O) groups excluding carboxylic acids is 1. The number of hydrogen-bond acceptors (Lipinski definition) is 5. The average molecular weight is 471 g/mol. The third-order valence-electron chi connectivity index (χ3n) is 5.98. The van der Waals surface area contributed by atoms with Crippen LogP contribution in [0.1, 0.15) is 34.2 Å². The zero-order valence-corrected chi connectivity index (χ0v) is 21.0. The largest absolute Gasteiger partial charge is 0.368 e. The van der Waals surface area contributed by atoms with Crippen molar-refractivity contribution < 1.29 is 13.2 Å². The topological polar surface area (TPSA) is 82.1 Å². The first-order valence-electron chi connectivity index (χ1n) is 11.3. The van der Waals surface area contributed by atoms with Crippen molar-refractivity contribution in [3.8, 4) is 0 Å². The van der Waals surface area contributed by atoms with Crippen molar-refractivity contribution in [1.82, 2.24) is 14.5 Å². The van der Waals surface area contributed by atoms with E-state index in [2.05, 4.69) is 10.3 Å². The molecule has 0 bridgehead atoms. The van der Waals surface area contributed by atoms with Gasteiger partial charge < -0.3 is 10.2 Å². The van der Waals surface area contributed by atoms with Crippen LogP contribution in [-0.2, 0) is 21.2 Å². The zero-order valence-electron chi connectivity index (χ0n) is 20.2. The third kappa shape index (κ3) is 6.00. The Kier molecular flexibility index (Phi) is 7.92. The van der Waals surface area contributed by atoms with Crippen LogP contribution >= 0.6 is 0 Å². The first-order chi connectivity index (χ1) is 15.6. The van der Waals surface area contributed by atoms with Gasteiger partial charge >= 0.3 is 0 Å². The predicted molar refractivity (Wildman–Crippen MR) is 132 cm³/mol. The number of nitrogens with zero attached hydrogens (tertiary/aromatic N) is 3. The number of amidine groups is 1. The lowest BCUT2D eigenvalue weighted by Gasteiger charge is -2.24. The second-order valence-electron chi connectivity index (χ2n) is 8.72. The molecule has 0 aliphatic carbocycles. The van der Waals surface area contributed by atoms with Gasteiger partial charge in [0.15, 0.2) is 0 Å². The van der Waals surface area contributed by atoms with E-state index in [0.717, 1.165) is 46.7 Å². The molecule has 2 aromatic rings. The molecule has 0 saturated carbocycles. The van der Waals surface area contributed by atoms with Crippen LogP contribution in [0, 0.1) is 20.8 Å². The first kappa shape index (κ1) is 24.9. The van der Waals surface area contributed by atoms with Gasteiger partial charge in [0.05, 0.1) is 11.4 Å². The molecule has 0 radical (unpaired) electrons. The SMILES string of the molecule is Cc1cc(C)c(S(=O)(=O)N(C)CCN(C)C(=O)CCc2ccc(C3=NCCN3)cc2)c(C)c1. The van der Waals surface area contributed by atoms with E-state index >= 15 is 0 Å². The fraction of sp³-hybridized carbons (Fsp3) is 0.440. The molecule has 0 fully saturated rings. The number of amides is 1. The smallest absolute Gasteiger partial charge is 0.243 e. The number of carbonyl (C=O) groups is 1. The summed E-state index contributed by atoms with van der Waals surface area (Å²) in [4.78, 5) is 19.0. The summed E-state index contributed by atoms with van der Waals surface area (Å²) in [5, 5.41) is 3.25. The molecule has 7 nitrogen and oxygen atoms in total. The van der Waals surface area contributed by atoms with Crippen LogP contribution in [0.25, 0.3) is 0 Å². The summed E-state index contributed by atoms with van der Waals surface area (Å²) < 4.78 is 27.6. The molecule has 0 atom stereocenters. The Morgan fingerprint density at radius 1 is 1.03 bits per heavy atom. The number of hydrogen-bond donors (Lipinski definition) is 1. The number of aliphatic imine (C=N–C) groups is 1. The van der Waals surface area contributed by atoms with Gasteiger partial charge in [-0.3, -0.25) is 9.79 Å². The van der Waals surface area contributed by atoms with Crippen molar-refractivity contribution >= 4 is 21.8 Å². The third-order valence-corrected chi connectivity index (χ3v) is 8.14. The van der Waals surface area contributed by atoms with Crippen molar-refractivity contribution in [2.45, 2.75) is 38.5 Å². The molecule has 0 spiro atoms. The number of rotatable bonds is 9. The summed E-state index contributed by atoms with van der Waals surface area (Å²) >= 11 is 0. The molecular weight excluding hydrogens is 436 g/mol. The van der Waals surface area contributed by atoms with Crippen LogP contribution in [0.2, 0.25) is 0 Å². The van der Waals surface area contributed by atoms with Crippen LogP contribution in [0.4, 0.5) is 0 Å². The summed E-state index contributed by atoms with van der Waals surface area (Å²) in [6.45, 7) is 7.85. The van der Waals surface area contributed by atoms with Crippen LogP contribution in [0.3, 0.4) is 0 Å². The fourth-order valence-corrected chi connectivity index (χ4v) is 5.69. The van der Waals surface area contributed by atoms with Gasteiger partial charge in [0.1, 0.15) is 5.84 Å². The van der Waals surface area contributed by atoms with Gasteiger partial charge in [0.2, 0.25) is 15.9 Å². The molecule has 0 unspecified atom stereocenters. The maximum atomic E-state index is 13.1. The van der Waals surface area contributed by atoms with E-state index in [1.165, 1.54) is 4.31 Å². The Morgan fingerprint density at radius 3 is 2.24 bits per heavy atom. The number of benzene rings is 2. The summed E-state index contributed by atoms with van der Waals surface area (Å²) in [6.07, 6.45) is 1.01. The summed E-state index contributed by atoms with van der Waals surface area (Å²) in [5.74, 6) is 0.918. The van der Waals surface area contributed by atoms with Crippen LogP contribution < -0.4 is 5.32 Å². The highest BCUT2D eigenvalue weighted by molar-refractivity contribution is 7.89. The highest BCUT2D eigenvalue weighted by Gasteiger charge is 2.25. The zero-order chi connectivity index (χ0) is 24.2. The first-order valence-corrected chi connectivity index (χ1v) is 12.7. The standard InChI is InChI=1S/C25H34N4O3S/c1-18-16-19(2)24(20(3)17-18)33(31,32)29(5)15-14-28(4)23(30)11-8-21-6-9-22(10-7-21)25-26-12-13-27-25/h6-7,9-10,16-17H,8,11-15H2,1-5H3,(H,26,27). The van der Waals surface area contributed by atoms with Crippen LogP contribution in [-0.4, -0.2) is 69.6 Å². The monoisotopic (exact) mass is 470 g/mol. The summed E-state index contributed by atoms with van der Waals surface area (Å²) in [5.41, 5.74) is 4.67. The normalized spacial score (nSPS) is 13.7.